The van der Waals surface area contributed by atoms with Crippen LogP contribution in [0.2, 0.25) is 15.1 Å². The zero-order chi connectivity index (χ0) is 22.0. The highest BCUT2D eigenvalue weighted by atomic mass is 35.5. The Morgan fingerprint density at radius 1 is 0.903 bits per heavy atom. The molecule has 2 aliphatic rings. The van der Waals surface area contributed by atoms with Crippen molar-refractivity contribution in [2.24, 2.45) is 5.92 Å². The number of hydrogen-bond donors (Lipinski definition) is 0. The molecule has 0 bridgehead atoms. The number of aryl methyl sites for hydroxylation is 1. The van der Waals surface area contributed by atoms with Gasteiger partial charge >= 0.3 is 0 Å². The first-order valence-corrected chi connectivity index (χ1v) is 12.0. The predicted octanol–water partition coefficient (Wildman–Crippen LogP) is 5.52. The van der Waals surface area contributed by atoms with Crippen LogP contribution in [0.25, 0.3) is 0 Å². The average molecular weight is 481 g/mol. The van der Waals surface area contributed by atoms with Crippen LogP contribution in [0.4, 0.5) is 5.69 Å². The van der Waals surface area contributed by atoms with E-state index >= 15 is 0 Å². The third-order valence-electron chi connectivity index (χ3n) is 6.45. The maximum atomic E-state index is 13.1. The number of benzene rings is 2. The Morgan fingerprint density at radius 3 is 2.23 bits per heavy atom. The molecule has 2 heterocycles. The van der Waals surface area contributed by atoms with Crippen LogP contribution in [-0.2, 0) is 11.3 Å². The molecule has 0 unspecified atom stereocenters. The molecule has 2 aliphatic heterocycles. The number of carbonyl (C=O) groups is 1. The molecule has 0 N–H and O–H groups in total. The Kier molecular flexibility index (Phi) is 7.33. The van der Waals surface area contributed by atoms with E-state index in [1.807, 2.05) is 29.2 Å². The van der Waals surface area contributed by atoms with E-state index in [1.54, 1.807) is 6.07 Å². The smallest absolute Gasteiger partial charge is 0.225 e. The van der Waals surface area contributed by atoms with Gasteiger partial charge < -0.3 is 9.80 Å². The molecule has 2 saturated heterocycles. The molecule has 0 saturated carbocycles. The Morgan fingerprint density at radius 2 is 1.55 bits per heavy atom. The van der Waals surface area contributed by atoms with Crippen molar-refractivity contribution in [2.75, 3.05) is 44.2 Å². The first-order valence-electron chi connectivity index (χ1n) is 10.9. The molecule has 7 heteroatoms. The first kappa shape index (κ1) is 22.7. The van der Waals surface area contributed by atoms with Crippen LogP contribution < -0.4 is 4.90 Å². The normalized spacial score (nSPS) is 18.5. The van der Waals surface area contributed by atoms with E-state index in [0.29, 0.717) is 16.0 Å². The van der Waals surface area contributed by atoms with Crippen molar-refractivity contribution in [3.8, 4) is 0 Å². The number of carbonyl (C=O) groups excluding carboxylic acids is 1. The summed E-state index contributed by atoms with van der Waals surface area (Å²) in [5, 5.41) is 2.12. The van der Waals surface area contributed by atoms with Gasteiger partial charge in [0.15, 0.2) is 0 Å². The third kappa shape index (κ3) is 5.48. The summed E-state index contributed by atoms with van der Waals surface area (Å²) in [5.74, 6) is 0.433. The first-order chi connectivity index (χ1) is 14.9. The molecule has 4 rings (SSSR count). The monoisotopic (exact) mass is 479 g/mol. The lowest BCUT2D eigenvalue weighted by Gasteiger charge is -2.39. The number of piperazine rings is 1. The van der Waals surface area contributed by atoms with Gasteiger partial charge in [-0.2, -0.15) is 0 Å². The SMILES string of the molecule is Cc1ccc(Cl)cc1N1CCN(C(=O)C2CCN(Cc3ccc(Cl)cc3Cl)CC2)CC1. The fourth-order valence-corrected chi connectivity index (χ4v) is 5.21. The lowest BCUT2D eigenvalue weighted by Crippen LogP contribution is -2.51. The van der Waals surface area contributed by atoms with E-state index in [0.717, 1.165) is 69.2 Å². The third-order valence-corrected chi connectivity index (χ3v) is 7.27. The topological polar surface area (TPSA) is 26.8 Å². The predicted molar refractivity (Wildman–Crippen MR) is 129 cm³/mol. The molecule has 31 heavy (non-hydrogen) atoms. The Hall–Kier alpha value is -1.46. The van der Waals surface area contributed by atoms with Gasteiger partial charge in [0.25, 0.3) is 0 Å². The molecular weight excluding hydrogens is 453 g/mol. The van der Waals surface area contributed by atoms with E-state index in [4.69, 9.17) is 34.8 Å². The molecule has 2 aromatic rings. The number of likely N-dealkylation sites (tertiary alicyclic amines) is 1. The van der Waals surface area contributed by atoms with Crippen molar-refractivity contribution in [1.82, 2.24) is 9.80 Å². The molecule has 1 amide bonds. The molecule has 0 aliphatic carbocycles. The summed E-state index contributed by atoms with van der Waals surface area (Å²) in [6, 6.07) is 11.7. The average Bonchev–Trinajstić information content (AvgIpc) is 2.77. The van der Waals surface area contributed by atoms with Gasteiger partial charge in [0, 0.05) is 59.4 Å². The largest absolute Gasteiger partial charge is 0.368 e. The highest BCUT2D eigenvalue weighted by Crippen LogP contribution is 2.28. The maximum Gasteiger partial charge on any atom is 0.225 e. The number of hydrogen-bond acceptors (Lipinski definition) is 3. The van der Waals surface area contributed by atoms with E-state index < -0.39 is 0 Å². The second-order valence-electron chi connectivity index (χ2n) is 8.53. The van der Waals surface area contributed by atoms with E-state index in [9.17, 15) is 4.79 Å². The number of halogens is 3. The van der Waals surface area contributed by atoms with E-state index in [-0.39, 0.29) is 5.92 Å². The van der Waals surface area contributed by atoms with Crippen LogP contribution in [0.15, 0.2) is 36.4 Å². The Balaban J connectivity index is 1.27. The summed E-state index contributed by atoms with van der Waals surface area (Å²) in [5.41, 5.74) is 3.48. The van der Waals surface area contributed by atoms with Crippen molar-refractivity contribution in [1.29, 1.82) is 0 Å². The minimum absolute atomic E-state index is 0.122. The summed E-state index contributed by atoms with van der Waals surface area (Å²) in [7, 11) is 0. The van der Waals surface area contributed by atoms with Crippen molar-refractivity contribution in [2.45, 2.75) is 26.3 Å². The van der Waals surface area contributed by atoms with Gasteiger partial charge in [-0.3, -0.25) is 9.69 Å². The van der Waals surface area contributed by atoms with Gasteiger partial charge in [-0.1, -0.05) is 46.9 Å². The van der Waals surface area contributed by atoms with E-state index in [1.165, 1.54) is 11.3 Å². The van der Waals surface area contributed by atoms with Gasteiger partial charge in [-0.15, -0.1) is 0 Å². The van der Waals surface area contributed by atoms with Crippen molar-refractivity contribution in [3.63, 3.8) is 0 Å². The lowest BCUT2D eigenvalue weighted by atomic mass is 9.94. The van der Waals surface area contributed by atoms with Crippen LogP contribution in [-0.4, -0.2) is 55.0 Å². The van der Waals surface area contributed by atoms with Crippen molar-refractivity contribution in [3.05, 3.63) is 62.6 Å². The van der Waals surface area contributed by atoms with Gasteiger partial charge in [-0.05, 0) is 68.2 Å². The van der Waals surface area contributed by atoms with Gasteiger partial charge in [0.1, 0.15) is 0 Å². The highest BCUT2D eigenvalue weighted by Gasteiger charge is 2.30. The molecule has 2 fully saturated rings. The second kappa shape index (κ2) is 9.99. The minimum Gasteiger partial charge on any atom is -0.368 e. The zero-order valence-corrected chi connectivity index (χ0v) is 20.1. The number of nitrogens with zero attached hydrogens (tertiary/aromatic N) is 3. The number of anilines is 1. The quantitative estimate of drug-likeness (QED) is 0.577. The Labute approximate surface area is 199 Å². The molecule has 4 nitrogen and oxygen atoms in total. The molecule has 0 radical (unpaired) electrons. The van der Waals surface area contributed by atoms with E-state index in [2.05, 4.69) is 22.8 Å². The number of piperidine rings is 1. The van der Waals surface area contributed by atoms with Crippen LogP contribution in [0.1, 0.15) is 24.0 Å². The highest BCUT2D eigenvalue weighted by molar-refractivity contribution is 6.35. The standard InChI is InChI=1S/C24H28Cl3N3O/c1-17-2-4-21(26)15-23(17)29-10-12-30(13-11-29)24(31)18-6-8-28(9-7-18)16-19-3-5-20(25)14-22(19)27/h2-5,14-15,18H,6-13,16H2,1H3. The number of amides is 1. The molecule has 0 aromatic heterocycles. The summed E-state index contributed by atoms with van der Waals surface area (Å²) in [4.78, 5) is 19.9. The molecule has 166 valence electrons. The fraction of sp³-hybridized carbons (Fsp3) is 0.458. The summed E-state index contributed by atoms with van der Waals surface area (Å²) < 4.78 is 0. The van der Waals surface area contributed by atoms with Gasteiger partial charge in [0.05, 0.1) is 0 Å². The molecular formula is C24H28Cl3N3O. The van der Waals surface area contributed by atoms with Gasteiger partial charge in [0.2, 0.25) is 5.91 Å². The minimum atomic E-state index is 0.122. The summed E-state index contributed by atoms with van der Waals surface area (Å²) >= 11 is 18.5. The van der Waals surface area contributed by atoms with Gasteiger partial charge in [-0.25, -0.2) is 0 Å². The Bertz CT molecular complexity index is 936. The number of rotatable bonds is 4. The molecule has 0 atom stereocenters. The van der Waals surface area contributed by atoms with Crippen LogP contribution >= 0.6 is 34.8 Å². The van der Waals surface area contributed by atoms with Crippen molar-refractivity contribution < 1.29 is 4.79 Å². The second-order valence-corrected chi connectivity index (χ2v) is 9.81. The molecule has 0 spiro atoms. The fourth-order valence-electron chi connectivity index (χ4n) is 4.58. The van der Waals surface area contributed by atoms with Crippen LogP contribution in [0.3, 0.4) is 0 Å². The maximum absolute atomic E-state index is 13.1. The summed E-state index contributed by atoms with van der Waals surface area (Å²) in [6.45, 7) is 7.97. The van der Waals surface area contributed by atoms with Crippen LogP contribution in [0, 0.1) is 12.8 Å². The zero-order valence-electron chi connectivity index (χ0n) is 17.8. The molecule has 2 aromatic carbocycles. The van der Waals surface area contributed by atoms with Crippen LogP contribution in [0.5, 0.6) is 0 Å². The van der Waals surface area contributed by atoms with Crippen molar-refractivity contribution >= 4 is 46.4 Å². The summed E-state index contributed by atoms with van der Waals surface area (Å²) in [6.07, 6.45) is 1.80. The lowest BCUT2D eigenvalue weighted by molar-refractivity contribution is -0.137.